The maximum absolute atomic E-state index is 13.1. The monoisotopic (exact) mass is 373 g/mol. The van der Waals surface area contributed by atoms with E-state index in [9.17, 15) is 4.79 Å². The Balaban J connectivity index is 1.56. The molecule has 0 saturated carbocycles. The maximum atomic E-state index is 13.1. The number of fused-ring (bicyclic) bond motifs is 1. The van der Waals surface area contributed by atoms with E-state index in [1.807, 2.05) is 66.4 Å². The summed E-state index contributed by atoms with van der Waals surface area (Å²) in [5.74, 6) is 0.300. The number of anilines is 4. The Morgan fingerprint density at radius 1 is 1.11 bits per heavy atom. The van der Waals surface area contributed by atoms with Crippen LogP contribution in [0.5, 0.6) is 0 Å². The van der Waals surface area contributed by atoms with Crippen LogP contribution in [0.4, 0.5) is 23.0 Å². The zero-order valence-corrected chi connectivity index (χ0v) is 16.3. The molecule has 0 bridgehead atoms. The summed E-state index contributed by atoms with van der Waals surface area (Å²) >= 11 is 0. The Labute approximate surface area is 164 Å². The molecule has 6 heteroatoms. The van der Waals surface area contributed by atoms with Gasteiger partial charge in [-0.1, -0.05) is 18.2 Å². The van der Waals surface area contributed by atoms with Crippen molar-refractivity contribution in [3.05, 3.63) is 72.1 Å². The van der Waals surface area contributed by atoms with Gasteiger partial charge in [-0.3, -0.25) is 4.79 Å². The third kappa shape index (κ3) is 3.41. The highest BCUT2D eigenvalue weighted by Gasteiger charge is 2.31. The lowest BCUT2D eigenvalue weighted by atomic mass is 10.1. The first-order valence-corrected chi connectivity index (χ1v) is 9.32. The van der Waals surface area contributed by atoms with Crippen molar-refractivity contribution in [3.8, 4) is 0 Å². The van der Waals surface area contributed by atoms with E-state index in [1.54, 1.807) is 12.3 Å². The lowest BCUT2D eigenvalue weighted by molar-refractivity contribution is 0.0976. The molecule has 1 unspecified atom stereocenters. The lowest BCUT2D eigenvalue weighted by Gasteiger charge is -2.22. The van der Waals surface area contributed by atoms with Gasteiger partial charge in [-0.05, 0) is 55.3 Å². The first-order chi connectivity index (χ1) is 13.5. The second-order valence-electron chi connectivity index (χ2n) is 7.19. The number of hydrogen-bond acceptors (Lipinski definition) is 5. The van der Waals surface area contributed by atoms with Crippen LogP contribution in [0.2, 0.25) is 0 Å². The summed E-state index contributed by atoms with van der Waals surface area (Å²) in [5.41, 5.74) is 4.52. The fourth-order valence-electron chi connectivity index (χ4n) is 3.51. The van der Waals surface area contributed by atoms with Gasteiger partial charge >= 0.3 is 0 Å². The van der Waals surface area contributed by atoms with Crippen molar-refractivity contribution in [2.45, 2.75) is 19.4 Å². The second kappa shape index (κ2) is 7.31. The van der Waals surface area contributed by atoms with E-state index in [2.05, 4.69) is 28.3 Å². The molecule has 1 amide bonds. The van der Waals surface area contributed by atoms with E-state index in [0.29, 0.717) is 11.6 Å². The molecule has 28 heavy (non-hydrogen) atoms. The molecule has 1 aliphatic heterocycles. The van der Waals surface area contributed by atoms with E-state index in [4.69, 9.17) is 0 Å². The van der Waals surface area contributed by atoms with Gasteiger partial charge in [0, 0.05) is 43.4 Å². The van der Waals surface area contributed by atoms with Crippen LogP contribution in [0.1, 0.15) is 23.0 Å². The van der Waals surface area contributed by atoms with Crippen LogP contribution in [0.25, 0.3) is 0 Å². The van der Waals surface area contributed by atoms with Crippen LogP contribution in [-0.2, 0) is 6.42 Å². The maximum Gasteiger partial charge on any atom is 0.277 e. The quantitative estimate of drug-likeness (QED) is 0.752. The minimum Gasteiger partial charge on any atom is -0.378 e. The molecule has 1 aliphatic rings. The third-order valence-corrected chi connectivity index (χ3v) is 4.94. The molecule has 4 rings (SSSR count). The number of nitrogens with zero attached hydrogens (tertiary/aromatic N) is 4. The molecule has 6 nitrogen and oxygen atoms in total. The van der Waals surface area contributed by atoms with E-state index in [-0.39, 0.29) is 11.9 Å². The number of nitrogens with one attached hydrogen (secondary N) is 1. The average molecular weight is 373 g/mol. The fraction of sp³-hybridized carbons (Fsp3) is 0.227. The molecule has 0 fully saturated rings. The first kappa shape index (κ1) is 18.0. The third-order valence-electron chi connectivity index (χ3n) is 4.94. The van der Waals surface area contributed by atoms with Gasteiger partial charge in [0.25, 0.3) is 5.91 Å². The van der Waals surface area contributed by atoms with Crippen molar-refractivity contribution in [2.24, 2.45) is 0 Å². The molecule has 0 saturated heterocycles. The molecular weight excluding hydrogens is 350 g/mol. The molecule has 2 aromatic carbocycles. The summed E-state index contributed by atoms with van der Waals surface area (Å²) in [6.07, 6.45) is 2.47. The van der Waals surface area contributed by atoms with Crippen LogP contribution < -0.4 is 15.1 Å². The number of hydrogen-bond donors (Lipinski definition) is 1. The molecule has 1 atom stereocenters. The number of amides is 1. The Bertz CT molecular complexity index is 1000. The zero-order chi connectivity index (χ0) is 19.7. The summed E-state index contributed by atoms with van der Waals surface area (Å²) in [6.45, 7) is 2.06. The van der Waals surface area contributed by atoms with E-state index < -0.39 is 0 Å². The van der Waals surface area contributed by atoms with E-state index in [1.165, 1.54) is 5.56 Å². The average Bonchev–Trinajstić information content (AvgIpc) is 3.03. The molecule has 142 valence electrons. The minimum absolute atomic E-state index is 0.106. The predicted molar refractivity (Wildman–Crippen MR) is 113 cm³/mol. The van der Waals surface area contributed by atoms with Gasteiger partial charge in [-0.15, -0.1) is 0 Å². The van der Waals surface area contributed by atoms with Crippen molar-refractivity contribution >= 4 is 28.9 Å². The number of rotatable bonds is 4. The van der Waals surface area contributed by atoms with Gasteiger partial charge in [0.05, 0.1) is 0 Å². The molecule has 2 heterocycles. The SMILES string of the molecule is CC1Cc2ccccc2N1C(=O)c1ccnc(Nc2ccc(N(C)C)cc2)n1. The predicted octanol–water partition coefficient (Wildman–Crippen LogP) is 3.88. The van der Waals surface area contributed by atoms with Gasteiger partial charge in [0.2, 0.25) is 5.95 Å². The summed E-state index contributed by atoms with van der Waals surface area (Å²) in [5, 5.41) is 3.17. The largest absolute Gasteiger partial charge is 0.378 e. The van der Waals surface area contributed by atoms with Crippen molar-refractivity contribution < 1.29 is 4.79 Å². The minimum atomic E-state index is -0.106. The smallest absolute Gasteiger partial charge is 0.277 e. The van der Waals surface area contributed by atoms with Gasteiger partial charge < -0.3 is 15.1 Å². The van der Waals surface area contributed by atoms with Crippen molar-refractivity contribution in [1.82, 2.24) is 9.97 Å². The summed E-state index contributed by atoms with van der Waals surface area (Å²) < 4.78 is 0. The standard InChI is InChI=1S/C22H23N5O/c1-15-14-16-6-4-5-7-20(16)27(15)21(28)19-12-13-23-22(25-19)24-17-8-10-18(11-9-17)26(2)3/h4-13,15H,14H2,1-3H3,(H,23,24,25). The van der Waals surface area contributed by atoms with Crippen molar-refractivity contribution in [1.29, 1.82) is 0 Å². The van der Waals surface area contributed by atoms with E-state index >= 15 is 0 Å². The topological polar surface area (TPSA) is 61.4 Å². The lowest BCUT2D eigenvalue weighted by Crippen LogP contribution is -2.36. The Kier molecular flexibility index (Phi) is 4.69. The number of carbonyl (C=O) groups is 1. The zero-order valence-electron chi connectivity index (χ0n) is 16.3. The van der Waals surface area contributed by atoms with Crippen LogP contribution in [0.3, 0.4) is 0 Å². The fourth-order valence-corrected chi connectivity index (χ4v) is 3.51. The highest BCUT2D eigenvalue weighted by Crippen LogP contribution is 2.32. The highest BCUT2D eigenvalue weighted by atomic mass is 16.2. The normalized spacial score (nSPS) is 15.2. The Hall–Kier alpha value is -3.41. The van der Waals surface area contributed by atoms with Gasteiger partial charge in [0.15, 0.2) is 0 Å². The second-order valence-corrected chi connectivity index (χ2v) is 7.19. The van der Waals surface area contributed by atoms with Crippen molar-refractivity contribution in [2.75, 3.05) is 29.2 Å². The summed E-state index contributed by atoms with van der Waals surface area (Å²) in [4.78, 5) is 25.7. The molecule has 1 aromatic heterocycles. The van der Waals surface area contributed by atoms with Crippen LogP contribution in [0.15, 0.2) is 60.8 Å². The van der Waals surface area contributed by atoms with Gasteiger partial charge in [-0.25, -0.2) is 9.97 Å². The number of benzene rings is 2. The first-order valence-electron chi connectivity index (χ1n) is 9.32. The molecule has 0 aliphatic carbocycles. The Morgan fingerprint density at radius 2 is 1.86 bits per heavy atom. The number of aromatic nitrogens is 2. The number of para-hydroxylation sites is 1. The summed E-state index contributed by atoms with van der Waals surface area (Å²) in [6, 6.07) is 17.8. The number of carbonyl (C=O) groups excluding carboxylic acids is 1. The van der Waals surface area contributed by atoms with Crippen molar-refractivity contribution in [3.63, 3.8) is 0 Å². The highest BCUT2D eigenvalue weighted by molar-refractivity contribution is 6.06. The van der Waals surface area contributed by atoms with Gasteiger partial charge in [0.1, 0.15) is 5.69 Å². The van der Waals surface area contributed by atoms with Crippen LogP contribution in [0, 0.1) is 0 Å². The van der Waals surface area contributed by atoms with Gasteiger partial charge in [-0.2, -0.15) is 0 Å². The molecule has 0 radical (unpaired) electrons. The molecular formula is C22H23N5O. The van der Waals surface area contributed by atoms with Crippen LogP contribution >= 0.6 is 0 Å². The molecule has 1 N–H and O–H groups in total. The van der Waals surface area contributed by atoms with Crippen LogP contribution in [-0.4, -0.2) is 36.0 Å². The van der Waals surface area contributed by atoms with E-state index in [0.717, 1.165) is 23.5 Å². The molecule has 3 aromatic rings. The summed E-state index contributed by atoms with van der Waals surface area (Å²) in [7, 11) is 4.00. The molecule has 0 spiro atoms. The Morgan fingerprint density at radius 3 is 2.61 bits per heavy atom.